The van der Waals surface area contributed by atoms with Crippen LogP contribution in [0, 0.1) is 6.92 Å². The largest absolute Gasteiger partial charge is 0.493 e. The van der Waals surface area contributed by atoms with Gasteiger partial charge in [-0.3, -0.25) is 4.79 Å². The minimum atomic E-state index is -0.694. The number of fused-ring (bicyclic) bond motifs is 2. The highest BCUT2D eigenvalue weighted by molar-refractivity contribution is 5.99. The Kier molecular flexibility index (Phi) is 4.38. The van der Waals surface area contributed by atoms with Crippen molar-refractivity contribution >= 4 is 28.7 Å². The van der Waals surface area contributed by atoms with Crippen LogP contribution in [0.25, 0.3) is 11.1 Å². The van der Waals surface area contributed by atoms with E-state index in [-0.39, 0.29) is 12.3 Å². The fourth-order valence-electron chi connectivity index (χ4n) is 3.33. The Morgan fingerprint density at radius 3 is 2.79 bits per heavy atom. The normalized spacial score (nSPS) is 15.2. The predicted octanol–water partition coefficient (Wildman–Crippen LogP) is 3.39. The molecule has 0 unspecified atom stereocenters. The smallest absolute Gasteiger partial charge is 0.343 e. The fourth-order valence-corrected chi connectivity index (χ4v) is 3.33. The first-order valence-electron chi connectivity index (χ1n) is 8.63. The molecule has 0 fully saturated rings. The summed E-state index contributed by atoms with van der Waals surface area (Å²) < 4.78 is 21.3. The third kappa shape index (κ3) is 3.02. The number of aromatic nitrogens is 1. The Balaban J connectivity index is 1.53. The molecule has 3 aromatic rings. The van der Waals surface area contributed by atoms with Crippen molar-refractivity contribution in [1.82, 2.24) is 4.98 Å². The standard InChI is InChI=1S/C20H18N2O6/c1-10-21-13-8-11(4-6-14(13)27-10)22-17(23)9-16-12-5-7-15(25-2)19(26-3)18(12)20(24)28-16/h4-8,16H,9H2,1-3H3,(H,22,23)/t16-/m1/s1. The molecule has 0 bridgehead atoms. The van der Waals surface area contributed by atoms with Crippen LogP contribution in [0.2, 0.25) is 0 Å². The van der Waals surface area contributed by atoms with Gasteiger partial charge in [0.1, 0.15) is 17.2 Å². The third-order valence-corrected chi connectivity index (χ3v) is 4.53. The molecule has 1 aliphatic rings. The van der Waals surface area contributed by atoms with Gasteiger partial charge in [-0.15, -0.1) is 0 Å². The number of oxazole rings is 1. The van der Waals surface area contributed by atoms with Crippen LogP contribution < -0.4 is 14.8 Å². The fraction of sp³-hybridized carbons (Fsp3) is 0.250. The summed E-state index contributed by atoms with van der Waals surface area (Å²) in [4.78, 5) is 29.1. The second-order valence-electron chi connectivity index (χ2n) is 6.33. The summed E-state index contributed by atoms with van der Waals surface area (Å²) >= 11 is 0. The second kappa shape index (κ2) is 6.88. The van der Waals surface area contributed by atoms with E-state index in [0.29, 0.717) is 45.3 Å². The highest BCUT2D eigenvalue weighted by Crippen LogP contribution is 2.43. The summed E-state index contributed by atoms with van der Waals surface area (Å²) in [5.41, 5.74) is 2.78. The maximum atomic E-state index is 12.5. The van der Waals surface area contributed by atoms with E-state index in [1.165, 1.54) is 14.2 Å². The molecule has 0 spiro atoms. The first-order valence-corrected chi connectivity index (χ1v) is 8.63. The van der Waals surface area contributed by atoms with E-state index in [1.807, 2.05) is 0 Å². The lowest BCUT2D eigenvalue weighted by atomic mass is 10.0. The van der Waals surface area contributed by atoms with Crippen molar-refractivity contribution in [3.8, 4) is 11.5 Å². The summed E-state index contributed by atoms with van der Waals surface area (Å²) in [6.45, 7) is 1.76. The van der Waals surface area contributed by atoms with E-state index >= 15 is 0 Å². The predicted molar refractivity (Wildman–Crippen MR) is 99.7 cm³/mol. The number of hydrogen-bond donors (Lipinski definition) is 1. The summed E-state index contributed by atoms with van der Waals surface area (Å²) in [7, 11) is 2.94. The van der Waals surface area contributed by atoms with Crippen LogP contribution in [0.1, 0.15) is 34.3 Å². The van der Waals surface area contributed by atoms with Gasteiger partial charge in [0.05, 0.1) is 20.6 Å². The number of amides is 1. The Hall–Kier alpha value is -3.55. The number of anilines is 1. The van der Waals surface area contributed by atoms with Crippen molar-refractivity contribution in [3.05, 3.63) is 47.3 Å². The number of carbonyl (C=O) groups is 2. The van der Waals surface area contributed by atoms with Gasteiger partial charge < -0.3 is 23.9 Å². The van der Waals surface area contributed by atoms with Crippen LogP contribution in [0.5, 0.6) is 11.5 Å². The van der Waals surface area contributed by atoms with E-state index in [2.05, 4.69) is 10.3 Å². The van der Waals surface area contributed by atoms with Gasteiger partial charge in [0, 0.05) is 18.2 Å². The molecule has 2 aromatic carbocycles. The number of aryl methyl sites for hydroxylation is 1. The monoisotopic (exact) mass is 382 g/mol. The summed E-state index contributed by atoms with van der Waals surface area (Å²) in [6.07, 6.45) is -0.718. The number of hydrogen-bond acceptors (Lipinski definition) is 7. The molecule has 8 heteroatoms. The molecule has 1 amide bonds. The van der Waals surface area contributed by atoms with Crippen LogP contribution >= 0.6 is 0 Å². The molecule has 0 saturated heterocycles. The van der Waals surface area contributed by atoms with Crippen molar-refractivity contribution < 1.29 is 28.2 Å². The molecule has 1 aliphatic heterocycles. The second-order valence-corrected chi connectivity index (χ2v) is 6.33. The Morgan fingerprint density at radius 2 is 2.04 bits per heavy atom. The van der Waals surface area contributed by atoms with Crippen molar-refractivity contribution in [2.45, 2.75) is 19.4 Å². The molecule has 2 heterocycles. The number of benzene rings is 2. The number of esters is 1. The summed E-state index contributed by atoms with van der Waals surface area (Å²) in [5.74, 6) is 0.458. The SMILES string of the molecule is COc1ccc2c(c1OC)C(=O)O[C@@H]2CC(=O)Nc1ccc2oc(C)nc2c1. The Morgan fingerprint density at radius 1 is 1.21 bits per heavy atom. The maximum absolute atomic E-state index is 12.5. The first-order chi connectivity index (χ1) is 13.5. The zero-order valence-corrected chi connectivity index (χ0v) is 15.6. The van der Waals surface area contributed by atoms with Gasteiger partial charge in [0.2, 0.25) is 5.91 Å². The van der Waals surface area contributed by atoms with Gasteiger partial charge in [-0.25, -0.2) is 9.78 Å². The molecule has 1 atom stereocenters. The summed E-state index contributed by atoms with van der Waals surface area (Å²) in [5, 5.41) is 2.80. The molecule has 8 nitrogen and oxygen atoms in total. The molecule has 1 N–H and O–H groups in total. The average molecular weight is 382 g/mol. The lowest BCUT2D eigenvalue weighted by Gasteiger charge is -2.12. The summed E-state index contributed by atoms with van der Waals surface area (Å²) in [6, 6.07) is 8.60. The van der Waals surface area contributed by atoms with Gasteiger partial charge >= 0.3 is 5.97 Å². The number of nitrogens with one attached hydrogen (secondary N) is 1. The molecule has 144 valence electrons. The van der Waals surface area contributed by atoms with Crippen LogP contribution in [-0.4, -0.2) is 31.1 Å². The number of cyclic esters (lactones) is 1. The van der Waals surface area contributed by atoms with E-state index in [0.717, 1.165) is 0 Å². The molecular weight excluding hydrogens is 364 g/mol. The molecule has 0 aliphatic carbocycles. The van der Waals surface area contributed by atoms with Crippen LogP contribution in [0.15, 0.2) is 34.7 Å². The minimum absolute atomic E-state index is 0.0237. The zero-order valence-electron chi connectivity index (χ0n) is 15.6. The zero-order chi connectivity index (χ0) is 19.8. The lowest BCUT2D eigenvalue weighted by molar-refractivity contribution is -0.118. The Bertz CT molecular complexity index is 1090. The molecule has 0 radical (unpaired) electrons. The van der Waals surface area contributed by atoms with Gasteiger partial charge in [0.25, 0.3) is 0 Å². The average Bonchev–Trinajstić information content (AvgIpc) is 3.19. The van der Waals surface area contributed by atoms with E-state index in [9.17, 15) is 9.59 Å². The molecule has 0 saturated carbocycles. The van der Waals surface area contributed by atoms with Crippen molar-refractivity contribution in [2.75, 3.05) is 19.5 Å². The van der Waals surface area contributed by atoms with Crippen molar-refractivity contribution in [2.24, 2.45) is 0 Å². The number of rotatable bonds is 5. The van der Waals surface area contributed by atoms with Crippen LogP contribution in [-0.2, 0) is 9.53 Å². The van der Waals surface area contributed by atoms with E-state index < -0.39 is 12.1 Å². The first kappa shape index (κ1) is 17.8. The van der Waals surface area contributed by atoms with Gasteiger partial charge in [-0.05, 0) is 24.3 Å². The topological polar surface area (TPSA) is 99.9 Å². The molecule has 28 heavy (non-hydrogen) atoms. The maximum Gasteiger partial charge on any atom is 0.343 e. The molecule has 4 rings (SSSR count). The van der Waals surface area contributed by atoms with Gasteiger partial charge in [0.15, 0.2) is 23.0 Å². The number of methoxy groups -OCH3 is 2. The van der Waals surface area contributed by atoms with Crippen LogP contribution in [0.3, 0.4) is 0 Å². The van der Waals surface area contributed by atoms with E-state index in [1.54, 1.807) is 37.3 Å². The molecular formula is C20H18N2O6. The highest BCUT2D eigenvalue weighted by Gasteiger charge is 2.36. The number of carbonyl (C=O) groups excluding carboxylic acids is 2. The minimum Gasteiger partial charge on any atom is -0.493 e. The molecule has 1 aromatic heterocycles. The van der Waals surface area contributed by atoms with Gasteiger partial charge in [-0.1, -0.05) is 6.07 Å². The number of nitrogens with zero attached hydrogens (tertiary/aromatic N) is 1. The quantitative estimate of drug-likeness (QED) is 0.675. The number of ether oxygens (including phenoxy) is 3. The third-order valence-electron chi connectivity index (χ3n) is 4.53. The van der Waals surface area contributed by atoms with Crippen molar-refractivity contribution in [1.29, 1.82) is 0 Å². The van der Waals surface area contributed by atoms with E-state index in [4.69, 9.17) is 18.6 Å². The van der Waals surface area contributed by atoms with Crippen molar-refractivity contribution in [3.63, 3.8) is 0 Å². The Labute approximate surface area is 160 Å². The highest BCUT2D eigenvalue weighted by atomic mass is 16.6. The van der Waals surface area contributed by atoms with Gasteiger partial charge in [-0.2, -0.15) is 0 Å². The lowest BCUT2D eigenvalue weighted by Crippen LogP contribution is -2.15. The van der Waals surface area contributed by atoms with Crippen LogP contribution in [0.4, 0.5) is 5.69 Å².